The van der Waals surface area contributed by atoms with E-state index in [1.165, 1.54) is 17.0 Å². The van der Waals surface area contributed by atoms with Crippen molar-refractivity contribution in [3.8, 4) is 0 Å². The molecule has 1 atom stereocenters. The van der Waals surface area contributed by atoms with Crippen LogP contribution in [0.15, 0.2) is 41.4 Å². The molecule has 162 valence electrons. The summed E-state index contributed by atoms with van der Waals surface area (Å²) >= 11 is 13.2. The van der Waals surface area contributed by atoms with Crippen molar-refractivity contribution in [1.82, 2.24) is 4.90 Å². The van der Waals surface area contributed by atoms with Crippen molar-refractivity contribution in [2.75, 3.05) is 11.9 Å². The third-order valence-electron chi connectivity index (χ3n) is 4.55. The summed E-state index contributed by atoms with van der Waals surface area (Å²) in [7, 11) is 0. The van der Waals surface area contributed by atoms with E-state index in [1.807, 2.05) is 0 Å². The molecule has 0 bridgehead atoms. The Morgan fingerprint density at radius 3 is 2.74 bits per heavy atom. The van der Waals surface area contributed by atoms with Crippen LogP contribution in [0.4, 0.5) is 17.1 Å². The molecule has 1 N–H and O–H groups in total. The highest BCUT2D eigenvalue weighted by Crippen LogP contribution is 2.34. The van der Waals surface area contributed by atoms with E-state index in [0.717, 1.165) is 17.3 Å². The summed E-state index contributed by atoms with van der Waals surface area (Å²) in [6.45, 7) is 3.93. The number of carbonyl (C=O) groups is 2. The SMILES string of the molecule is CCN1C(=O)C(CC(=O)Nc2cccc(Cl)c2Cl)SC1=Nc1cc([N+](=O)[O-])ccc1C. The lowest BCUT2D eigenvalue weighted by atomic mass is 10.2. The summed E-state index contributed by atoms with van der Waals surface area (Å²) in [6, 6.07) is 9.25. The number of anilines is 1. The van der Waals surface area contributed by atoms with Gasteiger partial charge in [-0.2, -0.15) is 0 Å². The Morgan fingerprint density at radius 2 is 2.06 bits per heavy atom. The molecule has 3 rings (SSSR count). The fraction of sp³-hybridized carbons (Fsp3) is 0.250. The number of benzene rings is 2. The molecule has 0 spiro atoms. The van der Waals surface area contributed by atoms with E-state index in [9.17, 15) is 19.7 Å². The number of nitro groups is 1. The second-order valence-corrected chi connectivity index (χ2v) is 8.62. The Labute approximate surface area is 192 Å². The standard InChI is InChI=1S/C20H18Cl2N4O4S/c1-3-25-19(28)16(10-17(27)23-14-6-4-5-13(21)18(14)22)31-20(25)24-15-9-12(26(29)30)8-7-11(15)2/h4-9,16H,3,10H2,1-2H3,(H,23,27). The summed E-state index contributed by atoms with van der Waals surface area (Å²) in [5.41, 5.74) is 1.41. The van der Waals surface area contributed by atoms with Crippen LogP contribution < -0.4 is 5.32 Å². The maximum atomic E-state index is 12.8. The minimum atomic E-state index is -0.671. The topological polar surface area (TPSA) is 105 Å². The van der Waals surface area contributed by atoms with E-state index >= 15 is 0 Å². The average Bonchev–Trinajstić information content (AvgIpc) is 3.01. The van der Waals surface area contributed by atoms with Gasteiger partial charge >= 0.3 is 0 Å². The quantitative estimate of drug-likeness (QED) is 0.452. The normalized spacial score (nSPS) is 17.3. The molecule has 1 aliphatic rings. The zero-order valence-electron chi connectivity index (χ0n) is 16.6. The Kier molecular flexibility index (Phi) is 7.19. The molecular weight excluding hydrogens is 463 g/mol. The van der Waals surface area contributed by atoms with Gasteiger partial charge in [-0.1, -0.05) is 47.1 Å². The Balaban J connectivity index is 1.79. The van der Waals surface area contributed by atoms with Gasteiger partial charge in [-0.25, -0.2) is 4.99 Å². The third-order valence-corrected chi connectivity index (χ3v) is 6.55. The van der Waals surface area contributed by atoms with Gasteiger partial charge < -0.3 is 5.32 Å². The number of nitrogens with zero attached hydrogens (tertiary/aromatic N) is 3. The number of carbonyl (C=O) groups excluding carboxylic acids is 2. The summed E-state index contributed by atoms with van der Waals surface area (Å²) < 4.78 is 0. The van der Waals surface area contributed by atoms with Crippen molar-refractivity contribution < 1.29 is 14.5 Å². The smallest absolute Gasteiger partial charge is 0.271 e. The molecule has 1 fully saturated rings. The van der Waals surface area contributed by atoms with E-state index in [2.05, 4.69) is 10.3 Å². The largest absolute Gasteiger partial charge is 0.325 e. The van der Waals surface area contributed by atoms with Gasteiger partial charge in [0.1, 0.15) is 5.25 Å². The van der Waals surface area contributed by atoms with Crippen LogP contribution in [0.3, 0.4) is 0 Å². The van der Waals surface area contributed by atoms with Crippen molar-refractivity contribution in [3.63, 3.8) is 0 Å². The summed E-state index contributed by atoms with van der Waals surface area (Å²) in [5.74, 6) is -0.638. The molecule has 0 aromatic heterocycles. The van der Waals surface area contributed by atoms with Gasteiger partial charge in [0.25, 0.3) is 5.69 Å². The number of hydrogen-bond donors (Lipinski definition) is 1. The maximum absolute atomic E-state index is 12.8. The second kappa shape index (κ2) is 9.67. The molecule has 2 aromatic rings. The summed E-state index contributed by atoms with van der Waals surface area (Å²) in [6.07, 6.45) is -0.0875. The van der Waals surface area contributed by atoms with E-state index in [-0.39, 0.29) is 28.9 Å². The molecule has 1 heterocycles. The first-order valence-corrected chi connectivity index (χ1v) is 10.9. The number of halogens is 2. The molecule has 0 radical (unpaired) electrons. The van der Waals surface area contributed by atoms with Crippen LogP contribution in [0.1, 0.15) is 18.9 Å². The number of rotatable bonds is 6. The number of amidine groups is 1. The van der Waals surface area contributed by atoms with Gasteiger partial charge in [0, 0.05) is 25.1 Å². The highest BCUT2D eigenvalue weighted by atomic mass is 35.5. The van der Waals surface area contributed by atoms with Crippen molar-refractivity contribution in [1.29, 1.82) is 0 Å². The zero-order chi connectivity index (χ0) is 22.7. The lowest BCUT2D eigenvalue weighted by Gasteiger charge is -2.14. The third kappa shape index (κ3) is 5.17. The molecule has 1 unspecified atom stereocenters. The maximum Gasteiger partial charge on any atom is 0.271 e. The Hall–Kier alpha value is -2.62. The highest BCUT2D eigenvalue weighted by Gasteiger charge is 2.38. The fourth-order valence-corrected chi connectivity index (χ4v) is 4.48. The minimum Gasteiger partial charge on any atom is -0.325 e. The average molecular weight is 481 g/mol. The van der Waals surface area contributed by atoms with E-state index in [0.29, 0.717) is 28.1 Å². The highest BCUT2D eigenvalue weighted by molar-refractivity contribution is 8.15. The van der Waals surface area contributed by atoms with Crippen molar-refractivity contribution in [2.45, 2.75) is 25.5 Å². The summed E-state index contributed by atoms with van der Waals surface area (Å²) in [5, 5.41) is 14.0. The molecule has 2 aromatic carbocycles. The lowest BCUT2D eigenvalue weighted by molar-refractivity contribution is -0.384. The number of nitrogens with one attached hydrogen (secondary N) is 1. The van der Waals surface area contributed by atoms with Crippen LogP contribution >= 0.6 is 35.0 Å². The van der Waals surface area contributed by atoms with Crippen molar-refractivity contribution in [3.05, 3.63) is 62.1 Å². The molecule has 0 saturated carbocycles. The fourth-order valence-electron chi connectivity index (χ4n) is 2.92. The van der Waals surface area contributed by atoms with E-state index in [4.69, 9.17) is 23.2 Å². The predicted molar refractivity (Wildman–Crippen MR) is 123 cm³/mol. The van der Waals surface area contributed by atoms with E-state index in [1.54, 1.807) is 38.1 Å². The van der Waals surface area contributed by atoms with Crippen LogP contribution in [0.2, 0.25) is 10.0 Å². The van der Waals surface area contributed by atoms with Crippen LogP contribution in [0, 0.1) is 17.0 Å². The number of nitro benzene ring substituents is 1. The first-order valence-electron chi connectivity index (χ1n) is 9.27. The lowest BCUT2D eigenvalue weighted by Crippen LogP contribution is -2.33. The predicted octanol–water partition coefficient (Wildman–Crippen LogP) is 5.19. The molecular formula is C20H18Cl2N4O4S. The number of aliphatic imine (C=N–C) groups is 1. The van der Waals surface area contributed by atoms with Gasteiger partial charge in [0.05, 0.1) is 26.3 Å². The van der Waals surface area contributed by atoms with Crippen LogP contribution in [-0.2, 0) is 9.59 Å². The van der Waals surface area contributed by atoms with Crippen LogP contribution in [-0.4, -0.2) is 38.6 Å². The first kappa shape index (κ1) is 23.1. The number of non-ortho nitro benzene ring substituents is 1. The van der Waals surface area contributed by atoms with Gasteiger partial charge in [0.15, 0.2) is 5.17 Å². The minimum absolute atomic E-state index is 0.0864. The Morgan fingerprint density at radius 1 is 1.32 bits per heavy atom. The molecule has 2 amide bonds. The number of hydrogen-bond acceptors (Lipinski definition) is 6. The first-order chi connectivity index (χ1) is 14.7. The van der Waals surface area contributed by atoms with Crippen LogP contribution in [0.5, 0.6) is 0 Å². The number of aryl methyl sites for hydroxylation is 1. The van der Waals surface area contributed by atoms with E-state index < -0.39 is 10.2 Å². The molecule has 1 saturated heterocycles. The monoisotopic (exact) mass is 480 g/mol. The van der Waals surface area contributed by atoms with Crippen molar-refractivity contribution in [2.24, 2.45) is 4.99 Å². The molecule has 1 aliphatic heterocycles. The summed E-state index contributed by atoms with van der Waals surface area (Å²) in [4.78, 5) is 41.8. The van der Waals surface area contributed by atoms with Crippen molar-refractivity contribution >= 4 is 69.0 Å². The van der Waals surface area contributed by atoms with Gasteiger partial charge in [0.2, 0.25) is 11.8 Å². The Bertz CT molecular complexity index is 1090. The zero-order valence-corrected chi connectivity index (χ0v) is 18.9. The molecule has 0 aliphatic carbocycles. The number of amides is 2. The van der Waals surface area contributed by atoms with Crippen LogP contribution in [0.25, 0.3) is 0 Å². The molecule has 8 nitrogen and oxygen atoms in total. The number of thioether (sulfide) groups is 1. The second-order valence-electron chi connectivity index (χ2n) is 6.66. The van der Waals surface area contributed by atoms with Gasteiger partial charge in [-0.3, -0.25) is 24.6 Å². The molecule has 11 heteroatoms. The van der Waals surface area contributed by atoms with Gasteiger partial charge in [-0.15, -0.1) is 0 Å². The molecule has 31 heavy (non-hydrogen) atoms. The van der Waals surface area contributed by atoms with Gasteiger partial charge in [-0.05, 0) is 31.5 Å².